The molecule has 0 saturated carbocycles. The van der Waals surface area contributed by atoms with Gasteiger partial charge in [-0.15, -0.1) is 0 Å². The Balaban J connectivity index is 2.28. The van der Waals surface area contributed by atoms with E-state index in [1.807, 2.05) is 6.07 Å². The molecule has 1 aromatic carbocycles. The molecule has 1 aliphatic heterocycles. The van der Waals surface area contributed by atoms with Gasteiger partial charge in [0.05, 0.1) is 7.11 Å². The molecule has 0 bridgehead atoms. The fourth-order valence-electron chi connectivity index (χ4n) is 3.02. The lowest BCUT2D eigenvalue weighted by Crippen LogP contribution is -2.36. The zero-order valence-corrected chi connectivity index (χ0v) is 11.6. The average molecular weight is 248 g/mol. The highest BCUT2D eigenvalue weighted by atomic mass is 16.5. The van der Waals surface area contributed by atoms with Crippen LogP contribution in [0.4, 0.5) is 0 Å². The number of piperidine rings is 1. The molecule has 0 amide bonds. The summed E-state index contributed by atoms with van der Waals surface area (Å²) in [6.45, 7) is 2.26. The molecule has 1 heterocycles. The molecule has 1 atom stereocenters. The van der Waals surface area contributed by atoms with E-state index in [4.69, 9.17) is 4.74 Å². The molecular formula is C15H24N2O. The highest BCUT2D eigenvalue weighted by Gasteiger charge is 2.28. The third-order valence-electron chi connectivity index (χ3n) is 3.84. The van der Waals surface area contributed by atoms with Crippen LogP contribution in [0, 0.1) is 5.92 Å². The van der Waals surface area contributed by atoms with Crippen LogP contribution in [-0.4, -0.2) is 39.2 Å². The molecule has 1 N–H and O–H groups in total. The minimum Gasteiger partial charge on any atom is -0.496 e. The van der Waals surface area contributed by atoms with E-state index in [1.54, 1.807) is 7.11 Å². The number of nitrogens with one attached hydrogen (secondary N) is 1. The van der Waals surface area contributed by atoms with E-state index in [0.717, 1.165) is 18.8 Å². The van der Waals surface area contributed by atoms with E-state index in [9.17, 15) is 0 Å². The molecule has 1 aromatic rings. The molecule has 1 unspecified atom stereocenters. The lowest BCUT2D eigenvalue weighted by atomic mass is 9.85. The number of hydrogen-bond donors (Lipinski definition) is 1. The van der Waals surface area contributed by atoms with E-state index in [-0.39, 0.29) is 0 Å². The lowest BCUT2D eigenvalue weighted by Gasteiger charge is -2.36. The summed E-state index contributed by atoms with van der Waals surface area (Å²) in [5.74, 6) is 1.72. The van der Waals surface area contributed by atoms with Crippen LogP contribution in [0.2, 0.25) is 0 Å². The number of rotatable bonds is 4. The molecule has 1 saturated heterocycles. The molecule has 0 aliphatic carbocycles. The van der Waals surface area contributed by atoms with Crippen molar-refractivity contribution in [2.75, 3.05) is 34.3 Å². The summed E-state index contributed by atoms with van der Waals surface area (Å²) in [7, 11) is 6.09. The molecule has 0 radical (unpaired) electrons. The first kappa shape index (κ1) is 13.4. The van der Waals surface area contributed by atoms with Gasteiger partial charge in [-0.25, -0.2) is 0 Å². The lowest BCUT2D eigenvalue weighted by molar-refractivity contribution is 0.174. The molecule has 0 spiro atoms. The molecule has 1 fully saturated rings. The van der Waals surface area contributed by atoms with Crippen molar-refractivity contribution in [2.24, 2.45) is 5.92 Å². The van der Waals surface area contributed by atoms with E-state index in [1.165, 1.54) is 18.4 Å². The first-order valence-corrected chi connectivity index (χ1v) is 6.74. The Morgan fingerprint density at radius 2 is 1.89 bits per heavy atom. The smallest absolute Gasteiger partial charge is 0.123 e. The van der Waals surface area contributed by atoms with Gasteiger partial charge in [-0.2, -0.15) is 0 Å². The van der Waals surface area contributed by atoms with Gasteiger partial charge < -0.3 is 15.0 Å². The van der Waals surface area contributed by atoms with E-state index in [0.29, 0.717) is 12.0 Å². The Morgan fingerprint density at radius 1 is 1.22 bits per heavy atom. The number of benzene rings is 1. The van der Waals surface area contributed by atoms with Gasteiger partial charge in [-0.05, 0) is 52.0 Å². The van der Waals surface area contributed by atoms with Crippen LogP contribution in [0.5, 0.6) is 5.75 Å². The fraction of sp³-hybridized carbons (Fsp3) is 0.600. The predicted octanol–water partition coefficient (Wildman–Crippen LogP) is 2.30. The van der Waals surface area contributed by atoms with Crippen LogP contribution < -0.4 is 10.1 Å². The van der Waals surface area contributed by atoms with Gasteiger partial charge in [0.2, 0.25) is 0 Å². The number of nitrogens with zero attached hydrogens (tertiary/aromatic N) is 1. The summed E-state index contributed by atoms with van der Waals surface area (Å²) in [5, 5.41) is 3.44. The second-order valence-corrected chi connectivity index (χ2v) is 5.24. The van der Waals surface area contributed by atoms with Crippen molar-refractivity contribution in [3.8, 4) is 5.75 Å². The highest BCUT2D eigenvalue weighted by molar-refractivity contribution is 5.36. The summed E-state index contributed by atoms with van der Waals surface area (Å²) in [6, 6.07) is 8.86. The van der Waals surface area contributed by atoms with Crippen LogP contribution >= 0.6 is 0 Å². The summed E-state index contributed by atoms with van der Waals surface area (Å²) in [5.41, 5.74) is 1.32. The van der Waals surface area contributed by atoms with Crippen molar-refractivity contribution < 1.29 is 4.74 Å². The predicted molar refractivity (Wildman–Crippen MR) is 75.0 cm³/mol. The SMILES string of the molecule is COc1ccccc1C(C1CCNCC1)N(C)C. The van der Waals surface area contributed by atoms with Gasteiger partial charge in [0.25, 0.3) is 0 Å². The van der Waals surface area contributed by atoms with Crippen molar-refractivity contribution in [3.05, 3.63) is 29.8 Å². The summed E-state index contributed by atoms with van der Waals surface area (Å²) in [6.07, 6.45) is 2.47. The number of hydrogen-bond acceptors (Lipinski definition) is 3. The molecule has 100 valence electrons. The Kier molecular flexibility index (Phi) is 4.61. The minimum atomic E-state index is 0.447. The second-order valence-electron chi connectivity index (χ2n) is 5.24. The molecule has 3 heteroatoms. The van der Waals surface area contributed by atoms with E-state index in [2.05, 4.69) is 42.5 Å². The normalized spacial score (nSPS) is 18.9. The third-order valence-corrected chi connectivity index (χ3v) is 3.84. The maximum Gasteiger partial charge on any atom is 0.123 e. The summed E-state index contributed by atoms with van der Waals surface area (Å²) >= 11 is 0. The van der Waals surface area contributed by atoms with Gasteiger partial charge in [-0.3, -0.25) is 0 Å². The standard InChI is InChI=1S/C15H24N2O/c1-17(2)15(12-8-10-16-11-9-12)13-6-4-5-7-14(13)18-3/h4-7,12,15-16H,8-11H2,1-3H3. The Hall–Kier alpha value is -1.06. The zero-order chi connectivity index (χ0) is 13.0. The van der Waals surface area contributed by atoms with E-state index < -0.39 is 0 Å². The van der Waals surface area contributed by atoms with E-state index >= 15 is 0 Å². The highest BCUT2D eigenvalue weighted by Crippen LogP contribution is 2.37. The van der Waals surface area contributed by atoms with Crippen molar-refractivity contribution in [1.29, 1.82) is 0 Å². The van der Waals surface area contributed by atoms with Crippen LogP contribution in [0.15, 0.2) is 24.3 Å². The zero-order valence-electron chi connectivity index (χ0n) is 11.6. The first-order chi connectivity index (χ1) is 8.74. The maximum absolute atomic E-state index is 5.52. The van der Waals surface area contributed by atoms with Gasteiger partial charge in [-0.1, -0.05) is 18.2 Å². The quantitative estimate of drug-likeness (QED) is 0.885. The molecule has 18 heavy (non-hydrogen) atoms. The van der Waals surface area contributed by atoms with Crippen molar-refractivity contribution in [1.82, 2.24) is 10.2 Å². The third kappa shape index (κ3) is 2.85. The molecule has 3 nitrogen and oxygen atoms in total. The summed E-state index contributed by atoms with van der Waals surface area (Å²) < 4.78 is 5.52. The van der Waals surface area contributed by atoms with Crippen LogP contribution in [0.3, 0.4) is 0 Å². The van der Waals surface area contributed by atoms with Crippen molar-refractivity contribution in [3.63, 3.8) is 0 Å². The van der Waals surface area contributed by atoms with Crippen LogP contribution in [0.1, 0.15) is 24.4 Å². The molecular weight excluding hydrogens is 224 g/mol. The molecule has 2 rings (SSSR count). The van der Waals surface area contributed by atoms with Crippen LogP contribution in [0.25, 0.3) is 0 Å². The minimum absolute atomic E-state index is 0.447. The fourth-order valence-corrected chi connectivity index (χ4v) is 3.02. The maximum atomic E-state index is 5.52. The van der Waals surface area contributed by atoms with Gasteiger partial charge in [0.15, 0.2) is 0 Å². The largest absolute Gasteiger partial charge is 0.496 e. The average Bonchev–Trinajstić information content (AvgIpc) is 2.40. The monoisotopic (exact) mass is 248 g/mol. The molecule has 0 aromatic heterocycles. The summed E-state index contributed by atoms with van der Waals surface area (Å²) in [4.78, 5) is 2.33. The number of para-hydroxylation sites is 1. The topological polar surface area (TPSA) is 24.5 Å². The van der Waals surface area contributed by atoms with Crippen molar-refractivity contribution >= 4 is 0 Å². The Labute approximate surface area is 110 Å². The van der Waals surface area contributed by atoms with Gasteiger partial charge in [0, 0.05) is 11.6 Å². The molecule has 1 aliphatic rings. The van der Waals surface area contributed by atoms with Crippen molar-refractivity contribution in [2.45, 2.75) is 18.9 Å². The van der Waals surface area contributed by atoms with Crippen LogP contribution in [-0.2, 0) is 0 Å². The second kappa shape index (κ2) is 6.21. The Bertz CT molecular complexity index is 373. The first-order valence-electron chi connectivity index (χ1n) is 6.74. The number of methoxy groups -OCH3 is 1. The Morgan fingerprint density at radius 3 is 2.50 bits per heavy atom. The number of ether oxygens (including phenoxy) is 1. The van der Waals surface area contributed by atoms with Gasteiger partial charge in [0.1, 0.15) is 5.75 Å². The van der Waals surface area contributed by atoms with Gasteiger partial charge >= 0.3 is 0 Å².